The number of aromatic nitrogens is 6. The highest BCUT2D eigenvalue weighted by Gasteiger charge is 2.26. The Labute approximate surface area is 161 Å². The second kappa shape index (κ2) is 8.78. The summed E-state index contributed by atoms with van der Waals surface area (Å²) >= 11 is 1.68. The van der Waals surface area contributed by atoms with Crippen LogP contribution >= 0.6 is 11.8 Å². The minimum Gasteiger partial charge on any atom is -0.383 e. The molecule has 0 fully saturated rings. The summed E-state index contributed by atoms with van der Waals surface area (Å²) in [4.78, 5) is 16.2. The lowest BCUT2D eigenvalue weighted by Crippen LogP contribution is -2.40. The quantitative estimate of drug-likeness (QED) is 0.588. The van der Waals surface area contributed by atoms with E-state index in [1.54, 1.807) is 23.8 Å². The van der Waals surface area contributed by atoms with Crippen LogP contribution in [0.5, 0.6) is 0 Å². The molecule has 27 heavy (non-hydrogen) atoms. The zero-order valence-electron chi connectivity index (χ0n) is 15.4. The summed E-state index contributed by atoms with van der Waals surface area (Å²) in [6.07, 6.45) is 4.93. The van der Waals surface area contributed by atoms with Gasteiger partial charge in [-0.15, -0.1) is 16.9 Å². The van der Waals surface area contributed by atoms with Crippen molar-refractivity contribution >= 4 is 17.7 Å². The Morgan fingerprint density at radius 3 is 2.78 bits per heavy atom. The molecule has 9 nitrogen and oxygen atoms in total. The van der Waals surface area contributed by atoms with Crippen molar-refractivity contribution in [2.24, 2.45) is 0 Å². The van der Waals surface area contributed by atoms with Crippen molar-refractivity contribution in [2.75, 3.05) is 20.0 Å². The smallest absolute Gasteiger partial charge is 0.259 e. The van der Waals surface area contributed by atoms with E-state index in [0.29, 0.717) is 24.5 Å². The highest BCUT2D eigenvalue weighted by Crippen LogP contribution is 2.20. The fourth-order valence-electron chi connectivity index (χ4n) is 2.72. The number of aromatic amines is 1. The van der Waals surface area contributed by atoms with Gasteiger partial charge in [0.1, 0.15) is 11.9 Å². The van der Waals surface area contributed by atoms with Crippen molar-refractivity contribution in [3.05, 3.63) is 47.9 Å². The van der Waals surface area contributed by atoms with Gasteiger partial charge in [0.2, 0.25) is 0 Å². The maximum Gasteiger partial charge on any atom is 0.259 e. The van der Waals surface area contributed by atoms with Crippen molar-refractivity contribution in [3.63, 3.8) is 0 Å². The summed E-state index contributed by atoms with van der Waals surface area (Å²) in [6.45, 7) is 2.83. The van der Waals surface area contributed by atoms with Gasteiger partial charge in [-0.3, -0.25) is 9.89 Å². The largest absolute Gasteiger partial charge is 0.383 e. The number of hydrogen-bond acceptors (Lipinski definition) is 7. The van der Waals surface area contributed by atoms with Crippen molar-refractivity contribution in [3.8, 4) is 5.82 Å². The topological polar surface area (TPSA) is 102 Å². The maximum atomic E-state index is 13.3. The van der Waals surface area contributed by atoms with E-state index in [0.717, 1.165) is 5.56 Å². The Morgan fingerprint density at radius 1 is 1.37 bits per heavy atom. The molecule has 2 heterocycles. The van der Waals surface area contributed by atoms with Gasteiger partial charge >= 0.3 is 0 Å². The molecule has 0 saturated carbocycles. The highest BCUT2D eigenvalue weighted by molar-refractivity contribution is 7.98. The zero-order valence-corrected chi connectivity index (χ0v) is 16.2. The number of benzene rings is 1. The summed E-state index contributed by atoms with van der Waals surface area (Å²) in [5, 5.41) is 17.8. The fourth-order valence-corrected chi connectivity index (χ4v) is 3.12. The van der Waals surface area contributed by atoms with Crippen molar-refractivity contribution in [1.82, 2.24) is 35.3 Å². The van der Waals surface area contributed by atoms with Crippen LogP contribution in [-0.4, -0.2) is 67.2 Å². The lowest BCUT2D eigenvalue weighted by Gasteiger charge is -2.29. The molecule has 0 aliphatic rings. The Balaban J connectivity index is 1.88. The first-order valence-corrected chi connectivity index (χ1v) is 9.56. The van der Waals surface area contributed by atoms with E-state index in [2.05, 4.69) is 25.7 Å². The first kappa shape index (κ1) is 19.1. The van der Waals surface area contributed by atoms with Gasteiger partial charge in [-0.05, 0) is 41.3 Å². The minimum atomic E-state index is -0.173. The fraction of sp³-hybridized carbons (Fsp3) is 0.353. The monoisotopic (exact) mass is 387 g/mol. The zero-order chi connectivity index (χ0) is 19.2. The molecule has 0 aliphatic carbocycles. The average molecular weight is 387 g/mol. The molecule has 1 aromatic carbocycles. The van der Waals surface area contributed by atoms with Crippen LogP contribution in [0.25, 0.3) is 5.82 Å². The molecule has 10 heteroatoms. The molecule has 0 saturated heterocycles. The number of amides is 1. The van der Waals surface area contributed by atoms with Gasteiger partial charge in [-0.25, -0.2) is 0 Å². The van der Waals surface area contributed by atoms with Crippen molar-refractivity contribution in [2.45, 2.75) is 24.4 Å². The number of hydrogen-bond donors (Lipinski definition) is 1. The molecule has 1 N–H and O–H groups in total. The predicted octanol–water partition coefficient (Wildman–Crippen LogP) is 1.78. The SMILES string of the molecule is COCC(C)N(Cc1ccc(SC)cc1)C(=O)c1cn[nH]c1-n1cnnn1. The normalized spacial score (nSPS) is 12.1. The number of ether oxygens (including phenoxy) is 1. The van der Waals surface area contributed by atoms with Crippen LogP contribution in [0.1, 0.15) is 22.8 Å². The minimum absolute atomic E-state index is 0.126. The lowest BCUT2D eigenvalue weighted by atomic mass is 10.1. The van der Waals surface area contributed by atoms with Gasteiger partial charge in [0.25, 0.3) is 5.91 Å². The van der Waals surface area contributed by atoms with E-state index >= 15 is 0 Å². The maximum absolute atomic E-state index is 13.3. The number of thioether (sulfide) groups is 1. The van der Waals surface area contributed by atoms with Gasteiger partial charge in [0.15, 0.2) is 5.82 Å². The molecule has 0 bridgehead atoms. The van der Waals surface area contributed by atoms with Gasteiger partial charge in [0.05, 0.1) is 18.8 Å². The van der Waals surface area contributed by atoms with Crippen LogP contribution in [0, 0.1) is 0 Å². The van der Waals surface area contributed by atoms with E-state index in [1.807, 2.05) is 37.4 Å². The summed E-state index contributed by atoms with van der Waals surface area (Å²) in [7, 11) is 1.62. The van der Waals surface area contributed by atoms with E-state index < -0.39 is 0 Å². The van der Waals surface area contributed by atoms with Crippen LogP contribution in [0.4, 0.5) is 0 Å². The van der Waals surface area contributed by atoms with Gasteiger partial charge in [-0.2, -0.15) is 9.78 Å². The Kier molecular flexibility index (Phi) is 6.20. The summed E-state index contributed by atoms with van der Waals surface area (Å²) < 4.78 is 6.65. The lowest BCUT2D eigenvalue weighted by molar-refractivity contribution is 0.0542. The molecular weight excluding hydrogens is 366 g/mol. The molecule has 0 aliphatic heterocycles. The third-order valence-electron chi connectivity index (χ3n) is 4.14. The number of nitrogens with zero attached hydrogens (tertiary/aromatic N) is 6. The number of carbonyl (C=O) groups excluding carboxylic acids is 1. The van der Waals surface area contributed by atoms with Crippen LogP contribution in [0.2, 0.25) is 0 Å². The average Bonchev–Trinajstić information content (AvgIpc) is 3.37. The van der Waals surface area contributed by atoms with Crippen molar-refractivity contribution in [1.29, 1.82) is 0 Å². The molecule has 0 radical (unpaired) electrons. The van der Waals surface area contributed by atoms with Gasteiger partial charge < -0.3 is 9.64 Å². The number of rotatable bonds is 8. The molecule has 3 aromatic rings. The van der Waals surface area contributed by atoms with E-state index in [9.17, 15) is 4.79 Å². The van der Waals surface area contributed by atoms with Gasteiger partial charge in [-0.1, -0.05) is 12.1 Å². The van der Waals surface area contributed by atoms with E-state index in [1.165, 1.54) is 22.1 Å². The molecule has 2 aromatic heterocycles. The third-order valence-corrected chi connectivity index (χ3v) is 4.88. The standard InChI is InChI=1S/C17H21N7O2S/c1-12(10-26-2)23(9-13-4-6-14(27-3)7-5-13)17(25)15-8-18-20-16(15)24-11-19-21-22-24/h4-8,11-12H,9-10H2,1-3H3,(H,18,20). The summed E-state index contributed by atoms with van der Waals surface area (Å²) in [5.74, 6) is 0.255. The first-order chi connectivity index (χ1) is 13.1. The molecule has 3 rings (SSSR count). The van der Waals surface area contributed by atoms with Gasteiger partial charge in [0, 0.05) is 18.6 Å². The van der Waals surface area contributed by atoms with Crippen LogP contribution < -0.4 is 0 Å². The van der Waals surface area contributed by atoms with Crippen molar-refractivity contribution < 1.29 is 9.53 Å². The van der Waals surface area contributed by atoms with Crippen LogP contribution in [0.3, 0.4) is 0 Å². The summed E-state index contributed by atoms with van der Waals surface area (Å²) in [6, 6.07) is 8.04. The summed E-state index contributed by atoms with van der Waals surface area (Å²) in [5.41, 5.74) is 1.43. The second-order valence-corrected chi connectivity index (χ2v) is 6.85. The molecule has 1 amide bonds. The van der Waals surface area contributed by atoms with Crippen LogP contribution in [0.15, 0.2) is 41.7 Å². The highest BCUT2D eigenvalue weighted by atomic mass is 32.2. The molecule has 0 spiro atoms. The van der Waals surface area contributed by atoms with E-state index in [-0.39, 0.29) is 11.9 Å². The number of H-pyrrole nitrogens is 1. The number of carbonyl (C=O) groups is 1. The Morgan fingerprint density at radius 2 is 2.15 bits per heavy atom. The van der Waals surface area contributed by atoms with Crippen LogP contribution in [-0.2, 0) is 11.3 Å². The molecule has 142 valence electrons. The number of methoxy groups -OCH3 is 1. The molecule has 1 atom stereocenters. The molecular formula is C17H21N7O2S. The Bertz CT molecular complexity index is 864. The number of tetrazole rings is 1. The molecule has 1 unspecified atom stereocenters. The number of nitrogens with one attached hydrogen (secondary N) is 1. The van der Waals surface area contributed by atoms with E-state index in [4.69, 9.17) is 4.74 Å². The second-order valence-electron chi connectivity index (χ2n) is 5.97. The third kappa shape index (κ3) is 4.34. The first-order valence-electron chi connectivity index (χ1n) is 8.33. The Hall–Kier alpha value is -2.72. The predicted molar refractivity (Wildman–Crippen MR) is 101 cm³/mol.